The zero-order valence-electron chi connectivity index (χ0n) is 10.2. The Morgan fingerprint density at radius 2 is 2.11 bits per heavy atom. The highest BCUT2D eigenvalue weighted by molar-refractivity contribution is 5.94. The highest BCUT2D eigenvalue weighted by Crippen LogP contribution is 2.09. The minimum Gasteiger partial charge on any atom is -0.385 e. The normalized spacial score (nSPS) is 10.1. The minimum atomic E-state index is -0.0901. The fraction of sp³-hybridized carbons (Fsp3) is 0.231. The van der Waals surface area contributed by atoms with Crippen molar-refractivity contribution < 1.29 is 4.79 Å². The minimum absolute atomic E-state index is 0.0901. The summed E-state index contributed by atoms with van der Waals surface area (Å²) in [4.78, 5) is 18.7. The summed E-state index contributed by atoms with van der Waals surface area (Å²) < 4.78 is 0. The number of carbonyl (C=O) groups is 1. The molecule has 0 saturated carbocycles. The molecule has 2 rings (SSSR count). The van der Waals surface area contributed by atoms with E-state index in [0.717, 1.165) is 17.9 Å². The number of H-pyrrole nitrogens is 1. The Kier molecular flexibility index (Phi) is 3.96. The lowest BCUT2D eigenvalue weighted by Gasteiger charge is -2.06. The van der Waals surface area contributed by atoms with Crippen molar-refractivity contribution in [3.8, 4) is 0 Å². The number of amides is 1. The molecule has 94 valence electrons. The maximum atomic E-state index is 11.8. The number of benzene rings is 1. The third-order valence-corrected chi connectivity index (χ3v) is 2.52. The van der Waals surface area contributed by atoms with Gasteiger partial charge in [-0.25, -0.2) is 4.98 Å². The Morgan fingerprint density at radius 3 is 2.72 bits per heavy atom. The molecule has 0 spiro atoms. The summed E-state index contributed by atoms with van der Waals surface area (Å²) in [6.07, 6.45) is 3.28. The van der Waals surface area contributed by atoms with Crippen molar-refractivity contribution >= 4 is 11.6 Å². The van der Waals surface area contributed by atoms with Crippen molar-refractivity contribution in [2.75, 3.05) is 11.9 Å². The van der Waals surface area contributed by atoms with Gasteiger partial charge in [-0.3, -0.25) is 4.79 Å². The molecule has 3 N–H and O–H groups in total. The highest BCUT2D eigenvalue weighted by atomic mass is 16.1. The molecule has 1 amide bonds. The second-order valence-corrected chi connectivity index (χ2v) is 3.87. The number of hydrogen-bond donors (Lipinski definition) is 3. The van der Waals surface area contributed by atoms with E-state index in [4.69, 9.17) is 0 Å². The summed E-state index contributed by atoms with van der Waals surface area (Å²) in [6.45, 7) is 3.35. The molecule has 5 nitrogen and oxygen atoms in total. The largest absolute Gasteiger partial charge is 0.385 e. The number of hydrogen-bond acceptors (Lipinski definition) is 3. The van der Waals surface area contributed by atoms with E-state index in [1.165, 1.54) is 0 Å². The lowest BCUT2D eigenvalue weighted by Crippen LogP contribution is -2.22. The molecule has 0 aliphatic heterocycles. The average Bonchev–Trinajstić information content (AvgIpc) is 2.90. The monoisotopic (exact) mass is 244 g/mol. The van der Waals surface area contributed by atoms with Gasteiger partial charge >= 0.3 is 0 Å². The molecule has 0 radical (unpaired) electrons. The molecule has 1 aromatic carbocycles. The van der Waals surface area contributed by atoms with Crippen LogP contribution in [-0.4, -0.2) is 22.4 Å². The Hall–Kier alpha value is -2.30. The van der Waals surface area contributed by atoms with E-state index in [0.29, 0.717) is 12.1 Å². The van der Waals surface area contributed by atoms with Gasteiger partial charge in [-0.15, -0.1) is 0 Å². The Bertz CT molecular complexity index is 490. The molecule has 0 aliphatic carbocycles. The molecule has 0 fully saturated rings. The summed E-state index contributed by atoms with van der Waals surface area (Å²) in [7, 11) is 0. The van der Waals surface area contributed by atoms with Gasteiger partial charge in [0.05, 0.1) is 18.6 Å². The second-order valence-electron chi connectivity index (χ2n) is 3.87. The quantitative estimate of drug-likeness (QED) is 0.750. The van der Waals surface area contributed by atoms with Gasteiger partial charge in [-0.2, -0.15) is 0 Å². The Balaban J connectivity index is 1.92. The molecular weight excluding hydrogens is 228 g/mol. The van der Waals surface area contributed by atoms with Crippen molar-refractivity contribution in [2.24, 2.45) is 0 Å². The standard InChI is InChI=1S/C13H16N4O/c1-2-15-11-5-3-10(4-6-11)13(18)16-8-12-7-14-9-17-12/h3-7,9,15H,2,8H2,1H3,(H,14,17)(H,16,18). The zero-order valence-corrected chi connectivity index (χ0v) is 10.2. The van der Waals surface area contributed by atoms with Gasteiger partial charge < -0.3 is 15.6 Å². The summed E-state index contributed by atoms with van der Waals surface area (Å²) >= 11 is 0. The molecule has 18 heavy (non-hydrogen) atoms. The van der Waals surface area contributed by atoms with E-state index in [-0.39, 0.29) is 5.91 Å². The third-order valence-electron chi connectivity index (χ3n) is 2.52. The third kappa shape index (κ3) is 3.10. The van der Waals surface area contributed by atoms with E-state index in [2.05, 4.69) is 20.6 Å². The Morgan fingerprint density at radius 1 is 1.33 bits per heavy atom. The first-order valence-corrected chi connectivity index (χ1v) is 5.89. The van der Waals surface area contributed by atoms with Gasteiger partial charge in [0.2, 0.25) is 0 Å². The summed E-state index contributed by atoms with van der Waals surface area (Å²) in [5.74, 6) is -0.0901. The summed E-state index contributed by atoms with van der Waals surface area (Å²) in [5.41, 5.74) is 2.55. The second kappa shape index (κ2) is 5.86. The van der Waals surface area contributed by atoms with Gasteiger partial charge in [-0.05, 0) is 31.2 Å². The number of anilines is 1. The van der Waals surface area contributed by atoms with Crippen molar-refractivity contribution in [1.29, 1.82) is 0 Å². The molecule has 0 atom stereocenters. The van der Waals surface area contributed by atoms with E-state index in [9.17, 15) is 4.79 Å². The molecule has 2 aromatic rings. The number of nitrogens with one attached hydrogen (secondary N) is 3. The average molecular weight is 244 g/mol. The number of aromatic nitrogens is 2. The smallest absolute Gasteiger partial charge is 0.251 e. The SMILES string of the molecule is CCNc1ccc(C(=O)NCc2cnc[nH]2)cc1. The van der Waals surface area contributed by atoms with Crippen LogP contribution in [0.1, 0.15) is 23.0 Å². The maximum Gasteiger partial charge on any atom is 0.251 e. The molecule has 0 unspecified atom stereocenters. The van der Waals surface area contributed by atoms with Gasteiger partial charge in [0.15, 0.2) is 0 Å². The first-order valence-electron chi connectivity index (χ1n) is 5.89. The number of carbonyl (C=O) groups excluding carboxylic acids is 1. The van der Waals surface area contributed by atoms with Crippen LogP contribution in [0.5, 0.6) is 0 Å². The lowest BCUT2D eigenvalue weighted by molar-refractivity contribution is 0.0950. The van der Waals surface area contributed by atoms with Crippen LogP contribution in [0.15, 0.2) is 36.8 Å². The number of imidazole rings is 1. The van der Waals surface area contributed by atoms with Crippen LogP contribution >= 0.6 is 0 Å². The zero-order chi connectivity index (χ0) is 12.8. The predicted octanol–water partition coefficient (Wildman–Crippen LogP) is 1.77. The number of nitrogens with zero attached hydrogens (tertiary/aromatic N) is 1. The fourth-order valence-corrected chi connectivity index (χ4v) is 1.60. The predicted molar refractivity (Wildman–Crippen MR) is 70.4 cm³/mol. The van der Waals surface area contributed by atoms with Gasteiger partial charge in [-0.1, -0.05) is 0 Å². The number of aromatic amines is 1. The van der Waals surface area contributed by atoms with E-state index in [1.807, 2.05) is 19.1 Å². The van der Waals surface area contributed by atoms with Crippen LogP contribution < -0.4 is 10.6 Å². The molecular formula is C13H16N4O. The molecule has 0 aliphatic rings. The fourth-order valence-electron chi connectivity index (χ4n) is 1.60. The molecule has 0 bridgehead atoms. The van der Waals surface area contributed by atoms with Crippen LogP contribution in [-0.2, 0) is 6.54 Å². The van der Waals surface area contributed by atoms with E-state index >= 15 is 0 Å². The van der Waals surface area contributed by atoms with E-state index < -0.39 is 0 Å². The molecule has 1 aromatic heterocycles. The van der Waals surface area contributed by atoms with Gasteiger partial charge in [0.25, 0.3) is 5.91 Å². The molecule has 5 heteroatoms. The van der Waals surface area contributed by atoms with Crippen molar-refractivity contribution in [1.82, 2.24) is 15.3 Å². The molecule has 0 saturated heterocycles. The van der Waals surface area contributed by atoms with Crippen LogP contribution in [0.4, 0.5) is 5.69 Å². The maximum absolute atomic E-state index is 11.8. The van der Waals surface area contributed by atoms with Gasteiger partial charge in [0, 0.05) is 24.0 Å². The van der Waals surface area contributed by atoms with Crippen LogP contribution in [0.3, 0.4) is 0 Å². The topological polar surface area (TPSA) is 69.8 Å². The molecule has 1 heterocycles. The lowest BCUT2D eigenvalue weighted by atomic mass is 10.2. The van der Waals surface area contributed by atoms with Crippen molar-refractivity contribution in [3.05, 3.63) is 48.0 Å². The highest BCUT2D eigenvalue weighted by Gasteiger charge is 2.05. The van der Waals surface area contributed by atoms with Crippen LogP contribution in [0.2, 0.25) is 0 Å². The first-order chi connectivity index (χ1) is 8.79. The van der Waals surface area contributed by atoms with Crippen LogP contribution in [0.25, 0.3) is 0 Å². The Labute approximate surface area is 106 Å². The van der Waals surface area contributed by atoms with Crippen molar-refractivity contribution in [2.45, 2.75) is 13.5 Å². The summed E-state index contributed by atoms with van der Waals surface area (Å²) in [6, 6.07) is 7.41. The number of rotatable bonds is 5. The first kappa shape index (κ1) is 12.2. The van der Waals surface area contributed by atoms with E-state index in [1.54, 1.807) is 24.7 Å². The van der Waals surface area contributed by atoms with Crippen molar-refractivity contribution in [3.63, 3.8) is 0 Å². The summed E-state index contributed by atoms with van der Waals surface area (Å²) in [5, 5.41) is 6.01. The van der Waals surface area contributed by atoms with Gasteiger partial charge in [0.1, 0.15) is 0 Å². The van der Waals surface area contributed by atoms with Crippen LogP contribution in [0, 0.1) is 0 Å².